The monoisotopic (exact) mass is 303 g/mol. The van der Waals surface area contributed by atoms with E-state index < -0.39 is 0 Å². The fourth-order valence-electron chi connectivity index (χ4n) is 2.42. The van der Waals surface area contributed by atoms with E-state index in [0.29, 0.717) is 0 Å². The highest BCUT2D eigenvalue weighted by Crippen LogP contribution is 2.34. The van der Waals surface area contributed by atoms with Gasteiger partial charge in [0.2, 0.25) is 0 Å². The van der Waals surface area contributed by atoms with Gasteiger partial charge in [-0.25, -0.2) is 0 Å². The lowest BCUT2D eigenvalue weighted by molar-refractivity contribution is 0.815. The Hall–Kier alpha value is -1.55. The van der Waals surface area contributed by atoms with E-state index in [1.54, 1.807) is 0 Å². The Morgan fingerprint density at radius 1 is 1.28 bits per heavy atom. The SMILES string of the molecule is Nc1cccc2c1N(Cc1ccc(Br)cn1)CC2. The van der Waals surface area contributed by atoms with Crippen LogP contribution in [0.25, 0.3) is 0 Å². The standard InChI is InChI=1S/C14H14BrN3/c15-11-4-5-12(17-8-11)9-18-7-6-10-2-1-3-13(16)14(10)18/h1-5,8H,6-7,9,16H2. The van der Waals surface area contributed by atoms with E-state index in [2.05, 4.69) is 31.9 Å². The summed E-state index contributed by atoms with van der Waals surface area (Å²) in [5.74, 6) is 0. The predicted octanol–water partition coefficient (Wildman–Crippen LogP) is 2.99. The Kier molecular flexibility index (Phi) is 2.96. The van der Waals surface area contributed by atoms with E-state index in [4.69, 9.17) is 5.73 Å². The summed E-state index contributed by atoms with van der Waals surface area (Å²) in [6, 6.07) is 10.2. The first-order valence-electron chi connectivity index (χ1n) is 5.97. The number of pyridine rings is 1. The number of hydrogen-bond donors (Lipinski definition) is 1. The van der Waals surface area contributed by atoms with Crippen LogP contribution in [0.3, 0.4) is 0 Å². The number of benzene rings is 1. The lowest BCUT2D eigenvalue weighted by atomic mass is 10.1. The second-order valence-electron chi connectivity index (χ2n) is 4.49. The number of halogens is 1. The molecule has 2 heterocycles. The predicted molar refractivity (Wildman–Crippen MR) is 77.5 cm³/mol. The molecule has 2 N–H and O–H groups in total. The Balaban J connectivity index is 1.86. The Morgan fingerprint density at radius 2 is 2.17 bits per heavy atom. The maximum Gasteiger partial charge on any atom is 0.0636 e. The van der Waals surface area contributed by atoms with Gasteiger partial charge in [-0.3, -0.25) is 4.98 Å². The average molecular weight is 304 g/mol. The first kappa shape index (κ1) is 11.5. The minimum Gasteiger partial charge on any atom is -0.397 e. The van der Waals surface area contributed by atoms with Crippen LogP contribution in [0.15, 0.2) is 41.0 Å². The summed E-state index contributed by atoms with van der Waals surface area (Å²) in [5.41, 5.74) is 10.5. The number of aromatic nitrogens is 1. The van der Waals surface area contributed by atoms with Crippen LogP contribution in [0.1, 0.15) is 11.3 Å². The zero-order valence-corrected chi connectivity index (χ0v) is 11.5. The molecule has 0 unspecified atom stereocenters. The number of hydrogen-bond acceptors (Lipinski definition) is 3. The van der Waals surface area contributed by atoms with E-state index in [0.717, 1.165) is 35.4 Å². The summed E-state index contributed by atoms with van der Waals surface area (Å²) < 4.78 is 1.01. The van der Waals surface area contributed by atoms with Crippen molar-refractivity contribution in [3.05, 3.63) is 52.3 Å². The molecule has 0 fully saturated rings. The van der Waals surface area contributed by atoms with Gasteiger partial charge in [0.05, 0.1) is 23.6 Å². The molecule has 3 rings (SSSR count). The minimum atomic E-state index is 0.814. The Bertz CT molecular complexity index is 566. The molecule has 0 atom stereocenters. The van der Waals surface area contributed by atoms with Gasteiger partial charge in [0, 0.05) is 17.2 Å². The van der Waals surface area contributed by atoms with E-state index in [-0.39, 0.29) is 0 Å². The summed E-state index contributed by atoms with van der Waals surface area (Å²) in [5, 5.41) is 0. The molecule has 2 aromatic rings. The van der Waals surface area contributed by atoms with Gasteiger partial charge >= 0.3 is 0 Å². The number of nitrogen functional groups attached to an aromatic ring is 1. The van der Waals surface area contributed by atoms with E-state index in [1.807, 2.05) is 30.5 Å². The van der Waals surface area contributed by atoms with Crippen molar-refractivity contribution in [1.82, 2.24) is 4.98 Å². The molecule has 1 aliphatic rings. The molecule has 1 aromatic heterocycles. The second-order valence-corrected chi connectivity index (χ2v) is 5.41. The van der Waals surface area contributed by atoms with Crippen LogP contribution in [0, 0.1) is 0 Å². The van der Waals surface area contributed by atoms with Crippen LogP contribution >= 0.6 is 15.9 Å². The largest absolute Gasteiger partial charge is 0.397 e. The van der Waals surface area contributed by atoms with Gasteiger partial charge in [-0.2, -0.15) is 0 Å². The molecular weight excluding hydrogens is 290 g/mol. The molecule has 18 heavy (non-hydrogen) atoms. The van der Waals surface area contributed by atoms with Crippen molar-refractivity contribution in [2.75, 3.05) is 17.2 Å². The minimum absolute atomic E-state index is 0.814. The zero-order chi connectivity index (χ0) is 12.5. The van der Waals surface area contributed by atoms with Crippen molar-refractivity contribution in [2.24, 2.45) is 0 Å². The normalized spacial score (nSPS) is 13.7. The fourth-order valence-corrected chi connectivity index (χ4v) is 2.65. The van der Waals surface area contributed by atoms with Crippen LogP contribution in [0.5, 0.6) is 0 Å². The summed E-state index contributed by atoms with van der Waals surface area (Å²) in [7, 11) is 0. The summed E-state index contributed by atoms with van der Waals surface area (Å²) in [6.07, 6.45) is 2.90. The summed E-state index contributed by atoms with van der Waals surface area (Å²) in [6.45, 7) is 1.83. The van der Waals surface area contributed by atoms with Crippen molar-refractivity contribution in [2.45, 2.75) is 13.0 Å². The first-order valence-corrected chi connectivity index (χ1v) is 6.76. The van der Waals surface area contributed by atoms with Crippen molar-refractivity contribution in [3.63, 3.8) is 0 Å². The number of nitrogens with two attached hydrogens (primary N) is 1. The molecule has 3 nitrogen and oxygen atoms in total. The van der Waals surface area contributed by atoms with E-state index >= 15 is 0 Å². The molecule has 92 valence electrons. The number of para-hydroxylation sites is 1. The van der Waals surface area contributed by atoms with Crippen LogP contribution in [-0.2, 0) is 13.0 Å². The molecule has 0 saturated heterocycles. The molecule has 1 aromatic carbocycles. The Morgan fingerprint density at radius 3 is 2.94 bits per heavy atom. The molecule has 0 bridgehead atoms. The molecule has 0 aliphatic carbocycles. The third kappa shape index (κ3) is 2.08. The summed E-state index contributed by atoms with van der Waals surface area (Å²) >= 11 is 3.40. The number of fused-ring (bicyclic) bond motifs is 1. The van der Waals surface area contributed by atoms with Gasteiger partial charge in [-0.15, -0.1) is 0 Å². The lowest BCUT2D eigenvalue weighted by Crippen LogP contribution is -2.21. The van der Waals surface area contributed by atoms with Crippen molar-refractivity contribution < 1.29 is 0 Å². The molecule has 0 amide bonds. The maximum atomic E-state index is 6.07. The smallest absolute Gasteiger partial charge is 0.0636 e. The van der Waals surface area contributed by atoms with E-state index in [1.165, 1.54) is 11.3 Å². The number of anilines is 2. The van der Waals surface area contributed by atoms with Crippen LogP contribution < -0.4 is 10.6 Å². The van der Waals surface area contributed by atoms with Gasteiger partial charge in [-0.05, 0) is 46.1 Å². The molecule has 0 saturated carbocycles. The average Bonchev–Trinajstić information content (AvgIpc) is 2.77. The van der Waals surface area contributed by atoms with Crippen molar-refractivity contribution >= 4 is 27.3 Å². The van der Waals surface area contributed by atoms with Crippen LogP contribution in [0.4, 0.5) is 11.4 Å². The molecule has 0 radical (unpaired) electrons. The summed E-state index contributed by atoms with van der Waals surface area (Å²) in [4.78, 5) is 6.72. The molecule has 0 spiro atoms. The maximum absolute atomic E-state index is 6.07. The highest BCUT2D eigenvalue weighted by molar-refractivity contribution is 9.10. The highest BCUT2D eigenvalue weighted by Gasteiger charge is 2.21. The topological polar surface area (TPSA) is 42.1 Å². The number of nitrogens with zero attached hydrogens (tertiary/aromatic N) is 2. The zero-order valence-electron chi connectivity index (χ0n) is 9.94. The lowest BCUT2D eigenvalue weighted by Gasteiger charge is -2.20. The number of rotatable bonds is 2. The second kappa shape index (κ2) is 4.61. The first-order chi connectivity index (χ1) is 8.74. The van der Waals surface area contributed by atoms with Gasteiger partial charge in [0.1, 0.15) is 0 Å². The van der Waals surface area contributed by atoms with Crippen LogP contribution in [0.2, 0.25) is 0 Å². The van der Waals surface area contributed by atoms with Gasteiger partial charge in [-0.1, -0.05) is 12.1 Å². The highest BCUT2D eigenvalue weighted by atomic mass is 79.9. The third-order valence-electron chi connectivity index (χ3n) is 3.26. The van der Waals surface area contributed by atoms with Crippen molar-refractivity contribution in [1.29, 1.82) is 0 Å². The van der Waals surface area contributed by atoms with Crippen LogP contribution in [-0.4, -0.2) is 11.5 Å². The fraction of sp³-hybridized carbons (Fsp3) is 0.214. The molecule has 1 aliphatic heterocycles. The quantitative estimate of drug-likeness (QED) is 0.867. The molecule has 4 heteroatoms. The van der Waals surface area contributed by atoms with E-state index in [9.17, 15) is 0 Å². The Labute approximate surface area is 115 Å². The molecular formula is C14H14BrN3. The van der Waals surface area contributed by atoms with Gasteiger partial charge < -0.3 is 10.6 Å². The van der Waals surface area contributed by atoms with Gasteiger partial charge in [0.25, 0.3) is 0 Å². The van der Waals surface area contributed by atoms with Crippen molar-refractivity contribution in [3.8, 4) is 0 Å². The van der Waals surface area contributed by atoms with Gasteiger partial charge in [0.15, 0.2) is 0 Å². The third-order valence-corrected chi connectivity index (χ3v) is 3.73.